The molecular weight excluding hydrogens is 345 g/mol. The standard InChI is InChI=1S/C13H10INO3/c14-8-2-1-3-9(6-8)15-13(18)11-5-4-10(16)7-12(11)17/h1-7,16-17H,(H,15,18). The maximum atomic E-state index is 11.9. The van der Waals surface area contributed by atoms with Crippen LogP contribution in [-0.2, 0) is 0 Å². The predicted molar refractivity (Wildman–Crippen MR) is 76.9 cm³/mol. The molecule has 0 spiro atoms. The van der Waals surface area contributed by atoms with Gasteiger partial charge in [0, 0.05) is 15.3 Å². The molecule has 4 nitrogen and oxygen atoms in total. The molecule has 0 aliphatic heterocycles. The van der Waals surface area contributed by atoms with Crippen molar-refractivity contribution < 1.29 is 15.0 Å². The summed E-state index contributed by atoms with van der Waals surface area (Å²) in [5.74, 6) is -0.758. The van der Waals surface area contributed by atoms with Crippen LogP contribution >= 0.6 is 22.6 Å². The maximum absolute atomic E-state index is 11.9. The largest absolute Gasteiger partial charge is 0.508 e. The SMILES string of the molecule is O=C(Nc1cccc(I)c1)c1ccc(O)cc1O. The number of hydrogen-bond acceptors (Lipinski definition) is 3. The third-order valence-electron chi connectivity index (χ3n) is 2.31. The van der Waals surface area contributed by atoms with E-state index in [1.54, 1.807) is 6.07 Å². The Morgan fingerprint density at radius 2 is 1.89 bits per heavy atom. The highest BCUT2D eigenvalue weighted by Gasteiger charge is 2.11. The van der Waals surface area contributed by atoms with Gasteiger partial charge in [-0.05, 0) is 52.9 Å². The number of phenolic OH excluding ortho intramolecular Hbond substituents is 2. The van der Waals surface area contributed by atoms with E-state index in [0.29, 0.717) is 5.69 Å². The van der Waals surface area contributed by atoms with Crippen molar-refractivity contribution in [2.75, 3.05) is 5.32 Å². The number of hydrogen-bond donors (Lipinski definition) is 3. The molecule has 0 bridgehead atoms. The smallest absolute Gasteiger partial charge is 0.259 e. The van der Waals surface area contributed by atoms with Gasteiger partial charge in [0.05, 0.1) is 5.56 Å². The molecular formula is C13H10INO3. The summed E-state index contributed by atoms with van der Waals surface area (Å²) in [5, 5.41) is 21.4. The molecule has 0 aliphatic carbocycles. The van der Waals surface area contributed by atoms with Crippen molar-refractivity contribution in [1.82, 2.24) is 0 Å². The minimum Gasteiger partial charge on any atom is -0.508 e. The molecule has 2 aromatic carbocycles. The lowest BCUT2D eigenvalue weighted by Gasteiger charge is -2.07. The Bertz CT molecular complexity index is 599. The number of nitrogens with one attached hydrogen (secondary N) is 1. The molecule has 0 aliphatic rings. The van der Waals surface area contributed by atoms with E-state index in [4.69, 9.17) is 5.11 Å². The Kier molecular flexibility index (Phi) is 3.71. The zero-order valence-corrected chi connectivity index (χ0v) is 11.4. The zero-order valence-electron chi connectivity index (χ0n) is 9.22. The average molecular weight is 355 g/mol. The van der Waals surface area contributed by atoms with Crippen LogP contribution in [-0.4, -0.2) is 16.1 Å². The summed E-state index contributed by atoms with van der Waals surface area (Å²) in [6.45, 7) is 0. The number of halogens is 1. The molecule has 0 fully saturated rings. The Morgan fingerprint density at radius 3 is 2.56 bits per heavy atom. The summed E-state index contributed by atoms with van der Waals surface area (Å²) < 4.78 is 1.00. The summed E-state index contributed by atoms with van der Waals surface area (Å²) in [6.07, 6.45) is 0. The molecule has 0 aromatic heterocycles. The number of phenols is 2. The molecule has 0 radical (unpaired) electrons. The van der Waals surface area contributed by atoms with Crippen LogP contribution in [0.2, 0.25) is 0 Å². The number of rotatable bonds is 2. The van der Waals surface area contributed by atoms with Crippen molar-refractivity contribution in [3.8, 4) is 11.5 Å². The second-order valence-electron chi connectivity index (χ2n) is 3.67. The Labute approximate surface area is 117 Å². The maximum Gasteiger partial charge on any atom is 0.259 e. The van der Waals surface area contributed by atoms with Gasteiger partial charge in [-0.3, -0.25) is 4.79 Å². The molecule has 0 unspecified atom stereocenters. The van der Waals surface area contributed by atoms with E-state index in [9.17, 15) is 9.90 Å². The minimum absolute atomic E-state index is 0.0849. The quantitative estimate of drug-likeness (QED) is 0.726. The molecule has 0 saturated carbocycles. The van der Waals surface area contributed by atoms with Crippen LogP contribution in [0.25, 0.3) is 0 Å². The average Bonchev–Trinajstić information content (AvgIpc) is 2.28. The lowest BCUT2D eigenvalue weighted by atomic mass is 10.1. The van der Waals surface area contributed by atoms with E-state index in [-0.39, 0.29) is 17.1 Å². The fourth-order valence-electron chi connectivity index (χ4n) is 1.48. The van der Waals surface area contributed by atoms with Crippen molar-refractivity contribution in [2.24, 2.45) is 0 Å². The van der Waals surface area contributed by atoms with Gasteiger partial charge in [-0.25, -0.2) is 0 Å². The first-order valence-electron chi connectivity index (χ1n) is 5.15. The van der Waals surface area contributed by atoms with E-state index in [1.807, 2.05) is 18.2 Å². The summed E-state index contributed by atoms with van der Waals surface area (Å²) in [7, 11) is 0. The topological polar surface area (TPSA) is 69.6 Å². The normalized spacial score (nSPS) is 10.1. The lowest BCUT2D eigenvalue weighted by Crippen LogP contribution is -2.12. The van der Waals surface area contributed by atoms with Gasteiger partial charge in [-0.15, -0.1) is 0 Å². The van der Waals surface area contributed by atoms with E-state index < -0.39 is 5.91 Å². The van der Waals surface area contributed by atoms with Crippen molar-refractivity contribution in [1.29, 1.82) is 0 Å². The Hall–Kier alpha value is -1.76. The van der Waals surface area contributed by atoms with Crippen LogP contribution < -0.4 is 5.32 Å². The first-order valence-corrected chi connectivity index (χ1v) is 6.23. The van der Waals surface area contributed by atoms with Crippen LogP contribution in [0.4, 0.5) is 5.69 Å². The molecule has 2 rings (SSSR count). The molecule has 0 atom stereocenters. The first-order chi connectivity index (χ1) is 8.56. The highest BCUT2D eigenvalue weighted by molar-refractivity contribution is 14.1. The van der Waals surface area contributed by atoms with Crippen molar-refractivity contribution >= 4 is 34.2 Å². The third-order valence-corrected chi connectivity index (χ3v) is 2.98. The van der Waals surface area contributed by atoms with Crippen LogP contribution in [0.5, 0.6) is 11.5 Å². The van der Waals surface area contributed by atoms with Crippen molar-refractivity contribution in [2.45, 2.75) is 0 Å². The van der Waals surface area contributed by atoms with Gasteiger partial charge in [0.2, 0.25) is 0 Å². The summed E-state index contributed by atoms with van der Waals surface area (Å²) in [6, 6.07) is 11.2. The van der Waals surface area contributed by atoms with E-state index >= 15 is 0 Å². The molecule has 0 heterocycles. The molecule has 1 amide bonds. The second kappa shape index (κ2) is 5.26. The number of anilines is 1. The molecule has 92 valence electrons. The second-order valence-corrected chi connectivity index (χ2v) is 4.91. The van der Waals surface area contributed by atoms with Gasteiger partial charge in [0.1, 0.15) is 11.5 Å². The highest BCUT2D eigenvalue weighted by atomic mass is 127. The van der Waals surface area contributed by atoms with Gasteiger partial charge in [0.25, 0.3) is 5.91 Å². The fourth-order valence-corrected chi connectivity index (χ4v) is 2.02. The van der Waals surface area contributed by atoms with Crippen LogP contribution in [0.1, 0.15) is 10.4 Å². The number of benzene rings is 2. The number of carbonyl (C=O) groups excluding carboxylic acids is 1. The predicted octanol–water partition coefficient (Wildman–Crippen LogP) is 2.95. The molecule has 18 heavy (non-hydrogen) atoms. The van der Waals surface area contributed by atoms with E-state index in [0.717, 1.165) is 9.64 Å². The van der Waals surface area contributed by atoms with Gasteiger partial charge in [-0.2, -0.15) is 0 Å². The minimum atomic E-state index is -0.422. The molecule has 5 heteroatoms. The van der Waals surface area contributed by atoms with E-state index in [2.05, 4.69) is 27.9 Å². The highest BCUT2D eigenvalue weighted by Crippen LogP contribution is 2.23. The van der Waals surface area contributed by atoms with Gasteiger partial charge in [0.15, 0.2) is 0 Å². The van der Waals surface area contributed by atoms with Gasteiger partial charge < -0.3 is 15.5 Å². The van der Waals surface area contributed by atoms with E-state index in [1.165, 1.54) is 12.1 Å². The first kappa shape index (κ1) is 12.7. The van der Waals surface area contributed by atoms with Crippen LogP contribution in [0.3, 0.4) is 0 Å². The monoisotopic (exact) mass is 355 g/mol. The molecule has 0 saturated heterocycles. The van der Waals surface area contributed by atoms with Gasteiger partial charge in [-0.1, -0.05) is 6.07 Å². The lowest BCUT2D eigenvalue weighted by molar-refractivity contribution is 0.102. The molecule has 2 aromatic rings. The number of aromatic hydroxyl groups is 2. The number of carbonyl (C=O) groups is 1. The van der Waals surface area contributed by atoms with Gasteiger partial charge >= 0.3 is 0 Å². The Morgan fingerprint density at radius 1 is 1.11 bits per heavy atom. The van der Waals surface area contributed by atoms with Crippen molar-refractivity contribution in [3.05, 3.63) is 51.6 Å². The number of amides is 1. The summed E-state index contributed by atoms with van der Waals surface area (Å²) in [5.41, 5.74) is 0.769. The van der Waals surface area contributed by atoms with Crippen LogP contribution in [0, 0.1) is 3.57 Å². The molecule has 3 N–H and O–H groups in total. The van der Waals surface area contributed by atoms with Crippen molar-refractivity contribution in [3.63, 3.8) is 0 Å². The summed E-state index contributed by atoms with van der Waals surface area (Å²) in [4.78, 5) is 11.9. The third kappa shape index (κ3) is 2.92. The fraction of sp³-hybridized carbons (Fsp3) is 0. The zero-order chi connectivity index (χ0) is 13.1. The Balaban J connectivity index is 2.22. The summed E-state index contributed by atoms with van der Waals surface area (Å²) >= 11 is 2.14. The van der Waals surface area contributed by atoms with Crippen LogP contribution in [0.15, 0.2) is 42.5 Å².